The Morgan fingerprint density at radius 3 is 2.68 bits per heavy atom. The van der Waals surface area contributed by atoms with Gasteiger partial charge in [-0.05, 0) is 37.1 Å². The van der Waals surface area contributed by atoms with Crippen molar-refractivity contribution in [3.05, 3.63) is 17.7 Å². The summed E-state index contributed by atoms with van der Waals surface area (Å²) in [5.41, 5.74) is 0.973. The molecule has 0 bridgehead atoms. The van der Waals surface area contributed by atoms with Crippen molar-refractivity contribution in [2.45, 2.75) is 12.8 Å². The van der Waals surface area contributed by atoms with Crippen molar-refractivity contribution in [1.82, 2.24) is 4.90 Å². The molecule has 1 aromatic carbocycles. The Kier molecular flexibility index (Phi) is 4.87. The normalized spacial score (nSPS) is 16.5. The van der Waals surface area contributed by atoms with Crippen LogP contribution in [0, 0.1) is 0 Å². The summed E-state index contributed by atoms with van der Waals surface area (Å²) in [6.07, 6.45) is 1.86. The summed E-state index contributed by atoms with van der Waals surface area (Å²) in [5.74, 6) is 0.00141. The second kappa shape index (κ2) is 6.63. The second-order valence-electron chi connectivity index (χ2n) is 4.72. The highest BCUT2D eigenvalue weighted by atomic mass is 16.5. The molecule has 0 amide bonds. The average molecular weight is 267 g/mol. The van der Waals surface area contributed by atoms with Gasteiger partial charge in [0.2, 0.25) is 5.75 Å². The second-order valence-corrected chi connectivity index (χ2v) is 4.72. The number of phenols is 2. The van der Waals surface area contributed by atoms with E-state index >= 15 is 0 Å². The van der Waals surface area contributed by atoms with Gasteiger partial charge in [-0.1, -0.05) is 0 Å². The molecule has 1 heterocycles. The van der Waals surface area contributed by atoms with Crippen molar-refractivity contribution in [2.24, 2.45) is 0 Å². The van der Waals surface area contributed by atoms with E-state index in [2.05, 4.69) is 4.90 Å². The van der Waals surface area contributed by atoms with Crippen molar-refractivity contribution < 1.29 is 19.7 Å². The molecular weight excluding hydrogens is 246 g/mol. The molecular formula is C14H21NO4. The van der Waals surface area contributed by atoms with Gasteiger partial charge in [0.05, 0.1) is 20.3 Å². The maximum Gasteiger partial charge on any atom is 0.200 e. The third-order valence-electron chi connectivity index (χ3n) is 3.38. The van der Waals surface area contributed by atoms with Gasteiger partial charge in [-0.2, -0.15) is 0 Å². The summed E-state index contributed by atoms with van der Waals surface area (Å²) in [6, 6.07) is 3.37. The van der Waals surface area contributed by atoms with E-state index in [0.717, 1.165) is 51.3 Å². The van der Waals surface area contributed by atoms with Crippen LogP contribution in [0.4, 0.5) is 0 Å². The lowest BCUT2D eigenvalue weighted by Gasteiger charge is -2.26. The topological polar surface area (TPSA) is 62.2 Å². The Labute approximate surface area is 113 Å². The third kappa shape index (κ3) is 3.75. The zero-order chi connectivity index (χ0) is 13.7. The van der Waals surface area contributed by atoms with E-state index in [4.69, 9.17) is 9.47 Å². The number of benzene rings is 1. The van der Waals surface area contributed by atoms with Gasteiger partial charge in [0, 0.05) is 13.1 Å². The first-order chi connectivity index (χ1) is 9.20. The van der Waals surface area contributed by atoms with Gasteiger partial charge in [-0.25, -0.2) is 0 Å². The molecule has 2 N–H and O–H groups in total. The molecule has 5 nitrogen and oxygen atoms in total. The van der Waals surface area contributed by atoms with Gasteiger partial charge < -0.3 is 19.7 Å². The number of phenolic OH excluding ortho intramolecular Hbond substituents is 2. The molecule has 0 saturated carbocycles. The van der Waals surface area contributed by atoms with Crippen molar-refractivity contribution in [3.63, 3.8) is 0 Å². The first-order valence-electron chi connectivity index (χ1n) is 6.59. The SMILES string of the molecule is COc1cc(CCCN2CCOCC2)cc(O)c1O. The van der Waals surface area contributed by atoms with Crippen LogP contribution >= 0.6 is 0 Å². The zero-order valence-electron chi connectivity index (χ0n) is 11.3. The highest BCUT2D eigenvalue weighted by molar-refractivity contribution is 5.51. The number of aromatic hydroxyl groups is 2. The molecule has 19 heavy (non-hydrogen) atoms. The van der Waals surface area contributed by atoms with Gasteiger partial charge >= 0.3 is 0 Å². The fourth-order valence-electron chi connectivity index (χ4n) is 2.28. The van der Waals surface area contributed by atoms with Crippen LogP contribution in [0.25, 0.3) is 0 Å². The fourth-order valence-corrected chi connectivity index (χ4v) is 2.28. The maximum absolute atomic E-state index is 9.60. The zero-order valence-corrected chi connectivity index (χ0v) is 11.3. The van der Waals surface area contributed by atoms with Crippen molar-refractivity contribution in [2.75, 3.05) is 40.0 Å². The van der Waals surface area contributed by atoms with E-state index in [1.807, 2.05) is 0 Å². The molecule has 1 aromatic rings. The summed E-state index contributed by atoms with van der Waals surface area (Å²) in [5, 5.41) is 19.2. The van der Waals surface area contributed by atoms with Gasteiger partial charge in [0.25, 0.3) is 0 Å². The van der Waals surface area contributed by atoms with Gasteiger partial charge in [0.15, 0.2) is 11.5 Å². The maximum atomic E-state index is 9.60. The van der Waals surface area contributed by atoms with Crippen LogP contribution in [0.2, 0.25) is 0 Å². The summed E-state index contributed by atoms with van der Waals surface area (Å²) in [7, 11) is 1.48. The molecule has 106 valence electrons. The number of methoxy groups -OCH3 is 1. The van der Waals surface area contributed by atoms with Crippen molar-refractivity contribution >= 4 is 0 Å². The minimum absolute atomic E-state index is 0.124. The molecule has 0 atom stereocenters. The van der Waals surface area contributed by atoms with Gasteiger partial charge in [-0.3, -0.25) is 4.90 Å². The molecule has 1 aliphatic rings. The molecule has 0 radical (unpaired) electrons. The molecule has 5 heteroatoms. The molecule has 0 unspecified atom stereocenters. The largest absolute Gasteiger partial charge is 0.504 e. The summed E-state index contributed by atoms with van der Waals surface area (Å²) >= 11 is 0. The minimum atomic E-state index is -0.195. The molecule has 0 aliphatic carbocycles. The lowest BCUT2D eigenvalue weighted by molar-refractivity contribution is 0.0374. The highest BCUT2D eigenvalue weighted by Crippen LogP contribution is 2.36. The fraction of sp³-hybridized carbons (Fsp3) is 0.571. The van der Waals surface area contributed by atoms with E-state index < -0.39 is 0 Å². The molecule has 2 rings (SSSR count). The molecule has 1 fully saturated rings. The van der Waals surface area contributed by atoms with Crippen molar-refractivity contribution in [3.8, 4) is 17.2 Å². The van der Waals surface area contributed by atoms with E-state index in [1.54, 1.807) is 12.1 Å². The summed E-state index contributed by atoms with van der Waals surface area (Å²) in [6.45, 7) is 4.63. The molecule has 0 aromatic heterocycles. The van der Waals surface area contributed by atoms with E-state index in [-0.39, 0.29) is 11.5 Å². The Balaban J connectivity index is 1.86. The van der Waals surface area contributed by atoms with Crippen LogP contribution in [0.3, 0.4) is 0 Å². The predicted molar refractivity (Wildman–Crippen MR) is 71.9 cm³/mol. The minimum Gasteiger partial charge on any atom is -0.504 e. The number of hydrogen-bond acceptors (Lipinski definition) is 5. The summed E-state index contributed by atoms with van der Waals surface area (Å²) < 4.78 is 10.3. The Bertz CT molecular complexity index is 416. The number of rotatable bonds is 5. The Hall–Kier alpha value is -1.46. The number of ether oxygens (including phenoxy) is 2. The number of hydrogen-bond donors (Lipinski definition) is 2. The van der Waals surface area contributed by atoms with Crippen LogP contribution in [-0.2, 0) is 11.2 Å². The van der Waals surface area contributed by atoms with E-state index in [9.17, 15) is 10.2 Å². The number of aryl methyl sites for hydroxylation is 1. The molecule has 0 spiro atoms. The van der Waals surface area contributed by atoms with Crippen LogP contribution in [0.15, 0.2) is 12.1 Å². The summed E-state index contributed by atoms with van der Waals surface area (Å²) in [4.78, 5) is 2.38. The van der Waals surface area contributed by atoms with Crippen LogP contribution in [0.5, 0.6) is 17.2 Å². The first kappa shape index (κ1) is 14.0. The van der Waals surface area contributed by atoms with E-state index in [1.165, 1.54) is 7.11 Å². The molecule has 1 aliphatic heterocycles. The Morgan fingerprint density at radius 2 is 2.00 bits per heavy atom. The first-order valence-corrected chi connectivity index (χ1v) is 6.59. The quantitative estimate of drug-likeness (QED) is 0.789. The number of nitrogens with zero attached hydrogens (tertiary/aromatic N) is 1. The lowest BCUT2D eigenvalue weighted by atomic mass is 10.1. The number of morpholine rings is 1. The average Bonchev–Trinajstić information content (AvgIpc) is 2.43. The van der Waals surface area contributed by atoms with Crippen molar-refractivity contribution in [1.29, 1.82) is 0 Å². The standard InChI is InChI=1S/C14H21NO4/c1-18-13-10-11(9-12(16)14(13)17)3-2-4-15-5-7-19-8-6-15/h9-10,16-17H,2-8H2,1H3. The van der Waals surface area contributed by atoms with Crippen LogP contribution in [0.1, 0.15) is 12.0 Å². The Morgan fingerprint density at radius 1 is 1.26 bits per heavy atom. The predicted octanol–water partition coefficient (Wildman–Crippen LogP) is 1.37. The van der Waals surface area contributed by atoms with Gasteiger partial charge in [0.1, 0.15) is 0 Å². The van der Waals surface area contributed by atoms with Crippen LogP contribution < -0.4 is 4.74 Å². The monoisotopic (exact) mass is 267 g/mol. The third-order valence-corrected chi connectivity index (χ3v) is 3.38. The van der Waals surface area contributed by atoms with E-state index in [0.29, 0.717) is 5.75 Å². The lowest BCUT2D eigenvalue weighted by Crippen LogP contribution is -2.36. The highest BCUT2D eigenvalue weighted by Gasteiger charge is 2.12. The van der Waals surface area contributed by atoms with Crippen LogP contribution in [-0.4, -0.2) is 55.1 Å². The smallest absolute Gasteiger partial charge is 0.200 e. The molecule has 1 saturated heterocycles. The van der Waals surface area contributed by atoms with Gasteiger partial charge in [-0.15, -0.1) is 0 Å².